The van der Waals surface area contributed by atoms with Crippen molar-refractivity contribution in [2.75, 3.05) is 13.1 Å². The van der Waals surface area contributed by atoms with Crippen molar-refractivity contribution in [1.29, 1.82) is 5.26 Å². The Morgan fingerprint density at radius 3 is 2.90 bits per heavy atom. The molecule has 1 fully saturated rings. The molecule has 56 valence electrons. The van der Waals surface area contributed by atoms with E-state index in [-0.39, 0.29) is 0 Å². The van der Waals surface area contributed by atoms with Crippen LogP contribution in [0, 0.1) is 17.4 Å². The van der Waals surface area contributed by atoms with Gasteiger partial charge in [-0.05, 0) is 25.2 Å². The Morgan fingerprint density at radius 2 is 2.20 bits per heavy atom. The average molecular weight is 138 g/mol. The molecule has 1 atom stereocenters. The van der Waals surface area contributed by atoms with Crippen molar-refractivity contribution in [3.05, 3.63) is 0 Å². The Hall–Kier alpha value is -0.710. The van der Waals surface area contributed by atoms with E-state index in [0.29, 0.717) is 0 Å². The van der Waals surface area contributed by atoms with E-state index in [0.717, 1.165) is 19.0 Å². The van der Waals surface area contributed by atoms with Crippen LogP contribution in [-0.2, 0) is 0 Å². The lowest BCUT2D eigenvalue weighted by atomic mass is 10.0. The molecule has 2 nitrogen and oxygen atoms in total. The van der Waals surface area contributed by atoms with E-state index in [1.165, 1.54) is 19.3 Å². The lowest BCUT2D eigenvalue weighted by Gasteiger charge is -2.10. The molecule has 0 aromatic rings. The zero-order valence-electron chi connectivity index (χ0n) is 6.51. The van der Waals surface area contributed by atoms with Gasteiger partial charge in [0.25, 0.3) is 0 Å². The summed E-state index contributed by atoms with van der Waals surface area (Å²) >= 11 is 0. The number of nitriles is 1. The monoisotopic (exact) mass is 138 g/mol. The van der Waals surface area contributed by atoms with Gasteiger partial charge >= 0.3 is 0 Å². The molecule has 2 heteroatoms. The van der Waals surface area contributed by atoms with Crippen LogP contribution >= 0.6 is 0 Å². The van der Waals surface area contributed by atoms with Gasteiger partial charge < -0.3 is 4.90 Å². The summed E-state index contributed by atoms with van der Waals surface area (Å²) in [5.41, 5.74) is 0. The summed E-state index contributed by atoms with van der Waals surface area (Å²) in [7, 11) is 0. The second-order valence-corrected chi connectivity index (χ2v) is 3.12. The van der Waals surface area contributed by atoms with Gasteiger partial charge in [-0.1, -0.05) is 6.92 Å². The highest BCUT2D eigenvalue weighted by Gasteiger charge is 2.11. The highest BCUT2D eigenvalue weighted by molar-refractivity contribution is 4.77. The minimum Gasteiger partial charge on any atom is -0.311 e. The second-order valence-electron chi connectivity index (χ2n) is 3.12. The van der Waals surface area contributed by atoms with Crippen molar-refractivity contribution in [3.8, 4) is 6.19 Å². The maximum atomic E-state index is 8.58. The van der Waals surface area contributed by atoms with Gasteiger partial charge in [-0.25, -0.2) is 0 Å². The quantitative estimate of drug-likeness (QED) is 0.475. The summed E-state index contributed by atoms with van der Waals surface area (Å²) < 4.78 is 0. The first-order valence-corrected chi connectivity index (χ1v) is 3.97. The van der Waals surface area contributed by atoms with Crippen LogP contribution < -0.4 is 0 Å². The zero-order valence-corrected chi connectivity index (χ0v) is 6.51. The van der Waals surface area contributed by atoms with E-state index >= 15 is 0 Å². The zero-order chi connectivity index (χ0) is 7.40. The number of hydrogen-bond donors (Lipinski definition) is 0. The maximum Gasteiger partial charge on any atom is 0.179 e. The third kappa shape index (κ3) is 1.91. The van der Waals surface area contributed by atoms with E-state index in [2.05, 4.69) is 13.1 Å². The fourth-order valence-corrected chi connectivity index (χ4v) is 1.36. The molecule has 0 bridgehead atoms. The van der Waals surface area contributed by atoms with E-state index in [4.69, 9.17) is 5.26 Å². The standard InChI is InChI=1S/C8H14N2/c1-8-3-2-5-10(7-9)6-4-8/h8H,2-6H2,1H3/t8-/m0/s1. The fraction of sp³-hybridized carbons (Fsp3) is 0.875. The Balaban J connectivity index is 2.35. The van der Waals surface area contributed by atoms with Crippen molar-refractivity contribution in [2.45, 2.75) is 26.2 Å². The first kappa shape index (κ1) is 7.40. The highest BCUT2D eigenvalue weighted by atomic mass is 15.1. The van der Waals surface area contributed by atoms with Gasteiger partial charge in [0, 0.05) is 13.1 Å². The van der Waals surface area contributed by atoms with Crippen molar-refractivity contribution in [2.24, 2.45) is 5.92 Å². The third-order valence-corrected chi connectivity index (χ3v) is 2.16. The molecule has 0 aliphatic carbocycles. The molecular formula is C8H14N2. The molecular weight excluding hydrogens is 124 g/mol. The van der Waals surface area contributed by atoms with Crippen molar-refractivity contribution in [1.82, 2.24) is 4.90 Å². The van der Waals surface area contributed by atoms with Crippen LogP contribution in [0.2, 0.25) is 0 Å². The van der Waals surface area contributed by atoms with Crippen LogP contribution in [0.25, 0.3) is 0 Å². The van der Waals surface area contributed by atoms with Gasteiger partial charge in [0.15, 0.2) is 6.19 Å². The minimum absolute atomic E-state index is 0.818. The molecule has 0 aromatic carbocycles. The molecule has 0 saturated carbocycles. The van der Waals surface area contributed by atoms with Gasteiger partial charge in [0.1, 0.15) is 0 Å². The highest BCUT2D eigenvalue weighted by Crippen LogP contribution is 2.15. The summed E-state index contributed by atoms with van der Waals surface area (Å²) in [6, 6.07) is 0. The SMILES string of the molecule is C[C@H]1CCCN(C#N)CC1. The van der Waals surface area contributed by atoms with E-state index in [1.54, 1.807) is 0 Å². The van der Waals surface area contributed by atoms with Crippen molar-refractivity contribution >= 4 is 0 Å². The molecule has 1 aliphatic rings. The van der Waals surface area contributed by atoms with Gasteiger partial charge in [-0.3, -0.25) is 0 Å². The molecule has 1 rings (SSSR count). The van der Waals surface area contributed by atoms with E-state index < -0.39 is 0 Å². The van der Waals surface area contributed by atoms with Crippen LogP contribution in [0.4, 0.5) is 0 Å². The summed E-state index contributed by atoms with van der Waals surface area (Å²) in [4.78, 5) is 1.86. The molecule has 0 N–H and O–H groups in total. The summed E-state index contributed by atoms with van der Waals surface area (Å²) in [6.07, 6.45) is 5.86. The molecule has 0 aromatic heterocycles. The number of likely N-dealkylation sites (tertiary alicyclic amines) is 1. The predicted molar refractivity (Wildman–Crippen MR) is 40.2 cm³/mol. The molecule has 1 heterocycles. The second kappa shape index (κ2) is 3.46. The first-order chi connectivity index (χ1) is 4.83. The topological polar surface area (TPSA) is 27.0 Å². The molecule has 1 aliphatic heterocycles. The largest absolute Gasteiger partial charge is 0.311 e. The van der Waals surface area contributed by atoms with Crippen molar-refractivity contribution in [3.63, 3.8) is 0 Å². The molecule has 0 unspecified atom stereocenters. The molecule has 1 saturated heterocycles. The van der Waals surface area contributed by atoms with Gasteiger partial charge in [0.2, 0.25) is 0 Å². The number of rotatable bonds is 0. The maximum absolute atomic E-state index is 8.58. The summed E-state index contributed by atoms with van der Waals surface area (Å²) in [5, 5.41) is 8.58. The number of hydrogen-bond acceptors (Lipinski definition) is 2. The van der Waals surface area contributed by atoms with Crippen LogP contribution in [0.3, 0.4) is 0 Å². The Morgan fingerprint density at radius 1 is 1.40 bits per heavy atom. The van der Waals surface area contributed by atoms with E-state index in [9.17, 15) is 0 Å². The third-order valence-electron chi connectivity index (χ3n) is 2.16. The Bertz CT molecular complexity index is 137. The minimum atomic E-state index is 0.818. The number of nitrogens with zero attached hydrogens (tertiary/aromatic N) is 2. The molecule has 10 heavy (non-hydrogen) atoms. The average Bonchev–Trinajstić information content (AvgIpc) is 2.14. The van der Waals surface area contributed by atoms with E-state index in [1.807, 2.05) is 4.90 Å². The van der Waals surface area contributed by atoms with Gasteiger partial charge in [-0.15, -0.1) is 0 Å². The van der Waals surface area contributed by atoms with Crippen molar-refractivity contribution < 1.29 is 0 Å². The fourth-order valence-electron chi connectivity index (χ4n) is 1.36. The molecule has 0 spiro atoms. The predicted octanol–water partition coefficient (Wildman–Crippen LogP) is 1.59. The lowest BCUT2D eigenvalue weighted by Crippen LogP contribution is -2.18. The van der Waals surface area contributed by atoms with Gasteiger partial charge in [-0.2, -0.15) is 5.26 Å². The molecule has 0 amide bonds. The first-order valence-electron chi connectivity index (χ1n) is 3.97. The summed E-state index contributed by atoms with van der Waals surface area (Å²) in [6.45, 7) is 4.21. The summed E-state index contributed by atoms with van der Waals surface area (Å²) in [5.74, 6) is 0.818. The molecule has 0 radical (unpaired) electrons. The lowest BCUT2D eigenvalue weighted by molar-refractivity contribution is 0.400. The Labute approximate surface area is 62.4 Å². The van der Waals surface area contributed by atoms with Crippen LogP contribution in [-0.4, -0.2) is 18.0 Å². The van der Waals surface area contributed by atoms with Crippen LogP contribution in [0.1, 0.15) is 26.2 Å². The normalized spacial score (nSPS) is 27.2. The smallest absolute Gasteiger partial charge is 0.179 e. The Kier molecular flexibility index (Phi) is 2.56. The van der Waals surface area contributed by atoms with Crippen LogP contribution in [0.5, 0.6) is 0 Å². The van der Waals surface area contributed by atoms with Crippen LogP contribution in [0.15, 0.2) is 0 Å². The van der Waals surface area contributed by atoms with Gasteiger partial charge in [0.05, 0.1) is 0 Å².